The standard InChI is InChI=1S/C16H21N5O6S/c1-4-6-21-15(25)19-20-16(21)28-7-9(22)18-13-11(12(17)23)10(8(3)27-13)14(24)26-5-2/h4-7H2,1-3H3,(H2,17,23)(H,18,22)(H,19,25). The zero-order chi connectivity index (χ0) is 20.8. The van der Waals surface area contributed by atoms with Crippen molar-refractivity contribution >= 4 is 35.4 Å². The van der Waals surface area contributed by atoms with Gasteiger partial charge in [-0.05, 0) is 20.3 Å². The van der Waals surface area contributed by atoms with E-state index < -0.39 is 17.8 Å². The number of furan rings is 1. The second kappa shape index (κ2) is 9.26. The molecule has 0 aliphatic heterocycles. The predicted octanol–water partition coefficient (Wildman–Crippen LogP) is 0.889. The first-order chi connectivity index (χ1) is 13.3. The summed E-state index contributed by atoms with van der Waals surface area (Å²) in [6, 6.07) is 0. The van der Waals surface area contributed by atoms with Crippen LogP contribution in [0.2, 0.25) is 0 Å². The van der Waals surface area contributed by atoms with E-state index in [0.29, 0.717) is 11.7 Å². The van der Waals surface area contributed by atoms with Gasteiger partial charge in [0.1, 0.15) is 16.9 Å². The van der Waals surface area contributed by atoms with Crippen LogP contribution in [0.4, 0.5) is 5.88 Å². The fraction of sp³-hybridized carbons (Fsp3) is 0.438. The lowest BCUT2D eigenvalue weighted by molar-refractivity contribution is -0.113. The van der Waals surface area contributed by atoms with Gasteiger partial charge in [-0.2, -0.15) is 0 Å². The maximum absolute atomic E-state index is 12.3. The Morgan fingerprint density at radius 3 is 2.64 bits per heavy atom. The Balaban J connectivity index is 2.16. The lowest BCUT2D eigenvalue weighted by Gasteiger charge is -2.05. The highest BCUT2D eigenvalue weighted by molar-refractivity contribution is 7.99. The quantitative estimate of drug-likeness (QED) is 0.405. The Morgan fingerprint density at radius 2 is 2.04 bits per heavy atom. The molecule has 0 saturated carbocycles. The molecule has 11 nitrogen and oxygen atoms in total. The minimum atomic E-state index is -0.938. The van der Waals surface area contributed by atoms with E-state index in [1.54, 1.807) is 6.92 Å². The third kappa shape index (κ3) is 4.63. The Hall–Kier alpha value is -3.02. The fourth-order valence-electron chi connectivity index (χ4n) is 2.44. The predicted molar refractivity (Wildman–Crippen MR) is 100 cm³/mol. The van der Waals surface area contributed by atoms with Crippen LogP contribution in [0.1, 0.15) is 46.7 Å². The number of aromatic amines is 1. The van der Waals surface area contributed by atoms with Gasteiger partial charge in [0.25, 0.3) is 5.91 Å². The van der Waals surface area contributed by atoms with Crippen LogP contribution in [0, 0.1) is 6.92 Å². The van der Waals surface area contributed by atoms with E-state index in [1.807, 2.05) is 6.92 Å². The van der Waals surface area contributed by atoms with Gasteiger partial charge in [0.2, 0.25) is 11.8 Å². The second-order valence-corrected chi connectivity index (χ2v) is 6.56. The highest BCUT2D eigenvalue weighted by Gasteiger charge is 2.29. The summed E-state index contributed by atoms with van der Waals surface area (Å²) in [5.74, 6) is -2.48. The number of rotatable bonds is 9. The van der Waals surface area contributed by atoms with Crippen LogP contribution in [-0.2, 0) is 16.1 Å². The number of aromatic nitrogens is 3. The number of aryl methyl sites for hydroxylation is 1. The average Bonchev–Trinajstić information content (AvgIpc) is 3.14. The molecule has 0 spiro atoms. The minimum Gasteiger partial charge on any atom is -0.462 e. The summed E-state index contributed by atoms with van der Waals surface area (Å²) in [4.78, 5) is 47.8. The average molecular weight is 411 g/mol. The third-order valence-corrected chi connectivity index (χ3v) is 4.54. The molecule has 2 rings (SSSR count). The summed E-state index contributed by atoms with van der Waals surface area (Å²) in [6.07, 6.45) is 0.726. The second-order valence-electron chi connectivity index (χ2n) is 5.62. The largest absolute Gasteiger partial charge is 0.462 e. The van der Waals surface area contributed by atoms with Gasteiger partial charge in [-0.15, -0.1) is 5.10 Å². The maximum atomic E-state index is 12.3. The number of nitrogens with zero attached hydrogens (tertiary/aromatic N) is 2. The molecule has 0 fully saturated rings. The molecule has 2 aromatic heterocycles. The lowest BCUT2D eigenvalue weighted by atomic mass is 10.1. The Labute approximate surface area is 164 Å². The topological polar surface area (TPSA) is 162 Å². The summed E-state index contributed by atoms with van der Waals surface area (Å²) in [6.45, 7) is 5.54. The molecule has 152 valence electrons. The van der Waals surface area contributed by atoms with Crippen LogP contribution >= 0.6 is 11.8 Å². The maximum Gasteiger partial charge on any atom is 0.343 e. The first-order valence-electron chi connectivity index (χ1n) is 8.48. The van der Waals surface area contributed by atoms with E-state index in [9.17, 15) is 19.2 Å². The fourth-order valence-corrected chi connectivity index (χ4v) is 3.22. The van der Waals surface area contributed by atoms with Crippen LogP contribution in [0.25, 0.3) is 0 Å². The number of anilines is 1. The Bertz CT molecular complexity index is 944. The summed E-state index contributed by atoms with van der Waals surface area (Å²) >= 11 is 1.03. The number of esters is 1. The monoisotopic (exact) mass is 411 g/mol. The normalized spacial score (nSPS) is 10.7. The van der Waals surface area contributed by atoms with Gasteiger partial charge in [0, 0.05) is 6.54 Å². The van der Waals surface area contributed by atoms with Crippen molar-refractivity contribution in [1.82, 2.24) is 14.8 Å². The van der Waals surface area contributed by atoms with E-state index >= 15 is 0 Å². The number of carbonyl (C=O) groups is 3. The number of ether oxygens (including phenoxy) is 1. The molecule has 0 saturated heterocycles. The number of nitrogens with one attached hydrogen (secondary N) is 2. The van der Waals surface area contributed by atoms with Gasteiger partial charge in [-0.1, -0.05) is 18.7 Å². The highest BCUT2D eigenvalue weighted by atomic mass is 32.2. The van der Waals surface area contributed by atoms with Crippen LogP contribution in [0.15, 0.2) is 14.4 Å². The van der Waals surface area contributed by atoms with Crippen molar-refractivity contribution in [3.8, 4) is 0 Å². The molecule has 0 radical (unpaired) electrons. The van der Waals surface area contributed by atoms with Crippen molar-refractivity contribution in [2.45, 2.75) is 38.9 Å². The van der Waals surface area contributed by atoms with E-state index in [1.165, 1.54) is 11.5 Å². The van der Waals surface area contributed by atoms with Crippen molar-refractivity contribution in [3.63, 3.8) is 0 Å². The molecule has 4 N–H and O–H groups in total. The summed E-state index contributed by atoms with van der Waals surface area (Å²) < 4.78 is 11.7. The summed E-state index contributed by atoms with van der Waals surface area (Å²) in [5.41, 5.74) is 4.61. The van der Waals surface area contributed by atoms with Crippen LogP contribution in [-0.4, -0.2) is 44.9 Å². The smallest absolute Gasteiger partial charge is 0.343 e. The first-order valence-corrected chi connectivity index (χ1v) is 9.46. The third-order valence-electron chi connectivity index (χ3n) is 3.57. The van der Waals surface area contributed by atoms with E-state index in [2.05, 4.69) is 15.5 Å². The lowest BCUT2D eigenvalue weighted by Crippen LogP contribution is -2.21. The Morgan fingerprint density at radius 1 is 1.32 bits per heavy atom. The molecule has 0 atom stereocenters. The van der Waals surface area contributed by atoms with E-state index in [0.717, 1.165) is 18.2 Å². The molecule has 28 heavy (non-hydrogen) atoms. The molecule has 12 heteroatoms. The van der Waals surface area contributed by atoms with Crippen LogP contribution < -0.4 is 16.7 Å². The van der Waals surface area contributed by atoms with Crippen molar-refractivity contribution in [3.05, 3.63) is 27.4 Å². The number of H-pyrrole nitrogens is 1. The molecule has 0 aliphatic carbocycles. The first kappa shape index (κ1) is 21.3. The number of hydrogen-bond acceptors (Lipinski definition) is 8. The van der Waals surface area contributed by atoms with Crippen LogP contribution in [0.5, 0.6) is 0 Å². The van der Waals surface area contributed by atoms with E-state index in [-0.39, 0.29) is 40.8 Å². The van der Waals surface area contributed by atoms with Gasteiger partial charge in [0.05, 0.1) is 12.4 Å². The van der Waals surface area contributed by atoms with E-state index in [4.69, 9.17) is 14.9 Å². The van der Waals surface area contributed by atoms with Gasteiger partial charge in [-0.25, -0.2) is 14.7 Å². The van der Waals surface area contributed by atoms with Crippen molar-refractivity contribution in [2.75, 3.05) is 17.7 Å². The molecule has 2 heterocycles. The molecule has 0 aliphatic rings. The number of amides is 2. The number of thioether (sulfide) groups is 1. The van der Waals surface area contributed by atoms with Gasteiger partial charge in [-0.3, -0.25) is 19.5 Å². The SMILES string of the molecule is CCCn1c(SCC(=O)Nc2oc(C)c(C(=O)OCC)c2C(N)=O)n[nH]c1=O. The van der Waals surface area contributed by atoms with Gasteiger partial charge >= 0.3 is 11.7 Å². The molecule has 0 unspecified atom stereocenters. The number of nitrogens with two attached hydrogens (primary N) is 1. The number of carbonyl (C=O) groups excluding carboxylic acids is 3. The molecule has 2 aromatic rings. The molecule has 0 aromatic carbocycles. The highest BCUT2D eigenvalue weighted by Crippen LogP contribution is 2.28. The summed E-state index contributed by atoms with van der Waals surface area (Å²) in [5, 5.41) is 8.98. The van der Waals surface area contributed by atoms with Crippen LogP contribution in [0.3, 0.4) is 0 Å². The summed E-state index contributed by atoms with van der Waals surface area (Å²) in [7, 11) is 0. The van der Waals surface area contributed by atoms with Gasteiger partial charge < -0.3 is 14.9 Å². The molecular formula is C16H21N5O6S. The molecule has 2 amide bonds. The molecular weight excluding hydrogens is 390 g/mol. The Kier molecular flexibility index (Phi) is 7.04. The minimum absolute atomic E-state index is 0.0966. The van der Waals surface area contributed by atoms with Crippen molar-refractivity contribution in [1.29, 1.82) is 0 Å². The van der Waals surface area contributed by atoms with Crippen molar-refractivity contribution < 1.29 is 23.5 Å². The number of primary amides is 1. The van der Waals surface area contributed by atoms with Crippen molar-refractivity contribution in [2.24, 2.45) is 5.73 Å². The molecule has 0 bridgehead atoms. The van der Waals surface area contributed by atoms with Gasteiger partial charge in [0.15, 0.2) is 5.16 Å². The zero-order valence-corrected chi connectivity index (χ0v) is 16.5. The number of hydrogen-bond donors (Lipinski definition) is 3. The zero-order valence-electron chi connectivity index (χ0n) is 15.7.